The predicted octanol–water partition coefficient (Wildman–Crippen LogP) is 3.59. The topological polar surface area (TPSA) is 120 Å². The number of nitrogens with zero attached hydrogens (tertiary/aromatic N) is 3. The summed E-state index contributed by atoms with van der Waals surface area (Å²) in [5.74, 6) is 0.420. The lowest BCUT2D eigenvalue weighted by atomic mass is 10.2. The van der Waals surface area contributed by atoms with Crippen LogP contribution in [0.2, 0.25) is 0 Å². The number of hydrogen-bond acceptors (Lipinski definition) is 7. The molecular formula is C16H14N4O5. The fourth-order valence-electron chi connectivity index (χ4n) is 1.91. The largest absolute Gasteiger partial charge is 0.495 e. The molecule has 0 radical (unpaired) electrons. The fraction of sp³-hybridized carbons (Fsp3) is 0.0625. The van der Waals surface area contributed by atoms with Gasteiger partial charge in [-0.2, -0.15) is 5.10 Å². The molecular weight excluding hydrogens is 328 g/mol. The second kappa shape index (κ2) is 8.20. The first-order valence-corrected chi connectivity index (χ1v) is 7.04. The van der Waals surface area contributed by atoms with Crippen LogP contribution >= 0.6 is 0 Å². The maximum absolute atomic E-state index is 11.0. The molecule has 0 heterocycles. The van der Waals surface area contributed by atoms with E-state index in [0.717, 1.165) is 17.7 Å². The zero-order valence-electron chi connectivity index (χ0n) is 13.2. The monoisotopic (exact) mass is 342 g/mol. The number of methoxy groups -OCH3 is 1. The molecule has 128 valence electrons. The third kappa shape index (κ3) is 4.86. The smallest absolute Gasteiger partial charge is 0.301 e. The highest BCUT2D eigenvalue weighted by molar-refractivity contribution is 5.83. The van der Waals surface area contributed by atoms with Crippen molar-refractivity contribution >= 4 is 29.4 Å². The van der Waals surface area contributed by atoms with Crippen molar-refractivity contribution in [2.45, 2.75) is 0 Å². The molecule has 0 fully saturated rings. The van der Waals surface area contributed by atoms with Crippen LogP contribution in [0.25, 0.3) is 6.08 Å². The molecule has 2 aromatic carbocycles. The number of benzene rings is 2. The van der Waals surface area contributed by atoms with Crippen molar-refractivity contribution in [3.8, 4) is 0 Å². The van der Waals surface area contributed by atoms with Gasteiger partial charge >= 0.3 is 5.69 Å². The number of allylic oxidation sites excluding steroid dienone is 1. The molecule has 0 unspecified atom stereocenters. The van der Waals surface area contributed by atoms with Crippen molar-refractivity contribution in [3.63, 3.8) is 0 Å². The highest BCUT2D eigenvalue weighted by Gasteiger charge is 2.19. The number of anilines is 1. The Morgan fingerprint density at radius 2 is 1.84 bits per heavy atom. The van der Waals surface area contributed by atoms with Crippen LogP contribution in [0.4, 0.5) is 17.1 Å². The molecule has 0 bridgehead atoms. The van der Waals surface area contributed by atoms with E-state index in [1.54, 1.807) is 6.08 Å². The van der Waals surface area contributed by atoms with Gasteiger partial charge in [0.15, 0.2) is 0 Å². The Morgan fingerprint density at radius 3 is 2.44 bits per heavy atom. The number of non-ortho nitro benzene ring substituents is 1. The van der Waals surface area contributed by atoms with E-state index in [-0.39, 0.29) is 11.4 Å². The van der Waals surface area contributed by atoms with Crippen molar-refractivity contribution in [1.29, 1.82) is 0 Å². The van der Waals surface area contributed by atoms with E-state index in [9.17, 15) is 20.2 Å². The third-order valence-corrected chi connectivity index (χ3v) is 3.11. The molecule has 0 aromatic heterocycles. The molecule has 25 heavy (non-hydrogen) atoms. The van der Waals surface area contributed by atoms with E-state index < -0.39 is 15.5 Å². The van der Waals surface area contributed by atoms with E-state index in [2.05, 4.69) is 10.5 Å². The molecule has 0 amide bonds. The second-order valence-electron chi connectivity index (χ2n) is 4.75. The van der Waals surface area contributed by atoms with Crippen LogP contribution in [0, 0.1) is 20.2 Å². The standard InChI is InChI=1S/C16H14N4O5/c1-25-14(9-12-5-3-2-4-6-12)11-17-18-15-8-7-13(19(21)22)10-16(15)20(23)24/h2-11,18H,1H3/b14-9-,17-11+. The summed E-state index contributed by atoms with van der Waals surface area (Å²) in [7, 11) is 1.47. The molecule has 0 saturated carbocycles. The minimum atomic E-state index is -0.720. The second-order valence-corrected chi connectivity index (χ2v) is 4.75. The summed E-state index contributed by atoms with van der Waals surface area (Å²) >= 11 is 0. The summed E-state index contributed by atoms with van der Waals surface area (Å²) < 4.78 is 5.17. The molecule has 0 aliphatic heterocycles. The third-order valence-electron chi connectivity index (χ3n) is 3.11. The van der Waals surface area contributed by atoms with Crippen LogP contribution in [0.15, 0.2) is 59.4 Å². The van der Waals surface area contributed by atoms with Crippen LogP contribution < -0.4 is 5.43 Å². The molecule has 9 nitrogen and oxygen atoms in total. The Balaban J connectivity index is 2.19. The van der Waals surface area contributed by atoms with Gasteiger partial charge in [0.25, 0.3) is 5.69 Å². The lowest BCUT2D eigenvalue weighted by Gasteiger charge is -2.03. The van der Waals surface area contributed by atoms with E-state index in [0.29, 0.717) is 5.76 Å². The Kier molecular flexibility index (Phi) is 5.77. The average Bonchev–Trinajstić information content (AvgIpc) is 2.61. The van der Waals surface area contributed by atoms with Gasteiger partial charge in [0.05, 0.1) is 29.2 Å². The summed E-state index contributed by atoms with van der Waals surface area (Å²) in [6.07, 6.45) is 3.08. The maximum Gasteiger partial charge on any atom is 0.301 e. The van der Waals surface area contributed by atoms with Gasteiger partial charge in [0, 0.05) is 6.07 Å². The molecule has 1 N–H and O–H groups in total. The maximum atomic E-state index is 11.0. The minimum absolute atomic E-state index is 0.0296. The number of rotatable bonds is 7. The summed E-state index contributed by atoms with van der Waals surface area (Å²) in [6.45, 7) is 0. The minimum Gasteiger partial charge on any atom is -0.495 e. The number of nitro groups is 2. The highest BCUT2D eigenvalue weighted by atomic mass is 16.6. The van der Waals surface area contributed by atoms with Crippen molar-refractivity contribution in [2.75, 3.05) is 12.5 Å². The molecule has 2 aromatic rings. The molecule has 0 spiro atoms. The summed E-state index contributed by atoms with van der Waals surface area (Å²) in [5, 5.41) is 25.6. The van der Waals surface area contributed by atoms with Gasteiger partial charge in [-0.3, -0.25) is 25.7 Å². The molecule has 9 heteroatoms. The van der Waals surface area contributed by atoms with E-state index in [1.807, 2.05) is 30.3 Å². The van der Waals surface area contributed by atoms with E-state index in [4.69, 9.17) is 4.74 Å². The first-order chi connectivity index (χ1) is 12.0. The zero-order valence-corrected chi connectivity index (χ0v) is 13.2. The van der Waals surface area contributed by atoms with Gasteiger partial charge in [-0.25, -0.2) is 0 Å². The van der Waals surface area contributed by atoms with Crippen molar-refractivity contribution in [3.05, 3.63) is 80.1 Å². The Morgan fingerprint density at radius 1 is 1.12 bits per heavy atom. The summed E-state index contributed by atoms with van der Waals surface area (Å²) in [6, 6.07) is 12.6. The number of ether oxygens (including phenoxy) is 1. The van der Waals surface area contributed by atoms with Crippen LogP contribution in [-0.4, -0.2) is 23.2 Å². The van der Waals surface area contributed by atoms with E-state index in [1.165, 1.54) is 19.4 Å². The van der Waals surface area contributed by atoms with Crippen LogP contribution in [0.5, 0.6) is 0 Å². The summed E-state index contributed by atoms with van der Waals surface area (Å²) in [4.78, 5) is 20.3. The number of nitrogens with one attached hydrogen (secondary N) is 1. The number of hydrazone groups is 1. The van der Waals surface area contributed by atoms with Gasteiger partial charge in [0.1, 0.15) is 11.4 Å². The Bertz CT molecular complexity index is 834. The van der Waals surface area contributed by atoms with Gasteiger partial charge in [-0.05, 0) is 17.7 Å². The Labute approximate surface area is 142 Å². The normalized spacial score (nSPS) is 11.3. The molecule has 2 rings (SSSR count). The van der Waals surface area contributed by atoms with Crippen LogP contribution in [-0.2, 0) is 4.74 Å². The fourth-order valence-corrected chi connectivity index (χ4v) is 1.91. The number of nitro benzene ring substituents is 2. The highest BCUT2D eigenvalue weighted by Crippen LogP contribution is 2.28. The number of hydrogen-bond donors (Lipinski definition) is 1. The summed E-state index contributed by atoms with van der Waals surface area (Å²) in [5.41, 5.74) is 2.60. The van der Waals surface area contributed by atoms with Crippen LogP contribution in [0.1, 0.15) is 5.56 Å². The molecule has 0 atom stereocenters. The first-order valence-electron chi connectivity index (χ1n) is 7.04. The van der Waals surface area contributed by atoms with Crippen LogP contribution in [0.3, 0.4) is 0 Å². The van der Waals surface area contributed by atoms with Gasteiger partial charge in [-0.1, -0.05) is 30.3 Å². The van der Waals surface area contributed by atoms with Gasteiger partial charge < -0.3 is 4.74 Å². The van der Waals surface area contributed by atoms with Gasteiger partial charge in [-0.15, -0.1) is 0 Å². The van der Waals surface area contributed by atoms with E-state index >= 15 is 0 Å². The molecule has 0 aliphatic rings. The van der Waals surface area contributed by atoms with Crippen molar-refractivity contribution < 1.29 is 14.6 Å². The zero-order chi connectivity index (χ0) is 18.2. The lowest BCUT2D eigenvalue weighted by molar-refractivity contribution is -0.393. The predicted molar refractivity (Wildman–Crippen MR) is 93.3 cm³/mol. The SMILES string of the molecule is COC(=C\c1ccccc1)/C=N/Nc1ccc([N+](=O)[O-])cc1[N+](=O)[O-]. The van der Waals surface area contributed by atoms with Crippen molar-refractivity contribution in [2.24, 2.45) is 5.10 Å². The van der Waals surface area contributed by atoms with Gasteiger partial charge in [0.2, 0.25) is 0 Å². The Hall–Kier alpha value is -3.75. The first kappa shape index (κ1) is 17.6. The molecule has 0 saturated heterocycles. The molecule has 0 aliphatic carbocycles. The average molecular weight is 342 g/mol. The lowest BCUT2D eigenvalue weighted by Crippen LogP contribution is -1.99. The van der Waals surface area contributed by atoms with Crippen molar-refractivity contribution in [1.82, 2.24) is 0 Å². The quantitative estimate of drug-likeness (QED) is 0.355.